The van der Waals surface area contributed by atoms with E-state index in [1.54, 1.807) is 0 Å². The van der Waals surface area contributed by atoms with Gasteiger partial charge in [0.05, 0.1) is 6.04 Å². The van der Waals surface area contributed by atoms with Gasteiger partial charge in [0.2, 0.25) is 0 Å². The van der Waals surface area contributed by atoms with Gasteiger partial charge >= 0.3 is 0 Å². The molecule has 0 spiro atoms. The molecular formula is C18H31N. The highest BCUT2D eigenvalue weighted by atomic mass is 14.8. The molecule has 0 heterocycles. The second kappa shape index (κ2) is 5.07. The van der Waals surface area contributed by atoms with Crippen molar-refractivity contribution < 1.29 is 0 Å². The number of hydrogen-bond donors (Lipinski definition) is 0. The fourth-order valence-corrected chi connectivity index (χ4v) is 4.41. The molecule has 2 aliphatic carbocycles. The number of aliphatic imine (C=N–C) groups is 1. The largest absolute Gasteiger partial charge is 0.286 e. The topological polar surface area (TPSA) is 12.4 Å². The Bertz CT molecular complexity index is 398. The first-order valence-corrected chi connectivity index (χ1v) is 7.89. The van der Waals surface area contributed by atoms with E-state index in [0.717, 1.165) is 12.3 Å². The average molecular weight is 261 g/mol. The van der Waals surface area contributed by atoms with Gasteiger partial charge in [-0.1, -0.05) is 40.2 Å². The van der Waals surface area contributed by atoms with E-state index in [4.69, 9.17) is 4.99 Å². The Balaban J connectivity index is 2.14. The Morgan fingerprint density at radius 1 is 1.05 bits per heavy atom. The van der Waals surface area contributed by atoms with Crippen molar-refractivity contribution in [2.24, 2.45) is 21.7 Å². The lowest BCUT2D eigenvalue weighted by molar-refractivity contribution is 0.171. The third kappa shape index (κ3) is 4.19. The second-order valence-corrected chi connectivity index (χ2v) is 8.70. The molecule has 0 aromatic rings. The van der Waals surface area contributed by atoms with Crippen molar-refractivity contribution in [3.8, 4) is 0 Å². The molecule has 0 aromatic heterocycles. The van der Waals surface area contributed by atoms with Gasteiger partial charge in [-0.3, -0.25) is 4.99 Å². The average Bonchev–Trinajstić information content (AvgIpc) is 2.08. The molecule has 19 heavy (non-hydrogen) atoms. The van der Waals surface area contributed by atoms with Crippen LogP contribution >= 0.6 is 0 Å². The smallest absolute Gasteiger partial charge is 0.0510 e. The van der Waals surface area contributed by atoms with Crippen LogP contribution in [0.4, 0.5) is 0 Å². The first-order valence-electron chi connectivity index (χ1n) is 7.89. The van der Waals surface area contributed by atoms with Crippen molar-refractivity contribution in [2.45, 2.75) is 79.7 Å². The van der Waals surface area contributed by atoms with Gasteiger partial charge in [-0.25, -0.2) is 0 Å². The highest BCUT2D eigenvalue weighted by Crippen LogP contribution is 2.41. The molecule has 0 aromatic carbocycles. The van der Waals surface area contributed by atoms with E-state index in [-0.39, 0.29) is 0 Å². The molecule has 0 radical (unpaired) electrons. The van der Waals surface area contributed by atoms with Gasteiger partial charge in [0.1, 0.15) is 0 Å². The number of rotatable bonds is 1. The zero-order valence-electron chi connectivity index (χ0n) is 13.7. The van der Waals surface area contributed by atoms with Crippen molar-refractivity contribution in [3.05, 3.63) is 11.6 Å². The van der Waals surface area contributed by atoms with E-state index in [2.05, 4.69) is 47.6 Å². The minimum atomic E-state index is 0.396. The summed E-state index contributed by atoms with van der Waals surface area (Å²) < 4.78 is 0. The summed E-state index contributed by atoms with van der Waals surface area (Å²) in [5.74, 6) is 0.819. The lowest BCUT2D eigenvalue weighted by Gasteiger charge is -2.38. The van der Waals surface area contributed by atoms with Crippen LogP contribution in [0.25, 0.3) is 0 Å². The number of allylic oxidation sites excluding steroid dienone is 2. The van der Waals surface area contributed by atoms with Gasteiger partial charge in [0.25, 0.3) is 0 Å². The lowest BCUT2D eigenvalue weighted by atomic mass is 9.70. The molecule has 108 valence electrons. The van der Waals surface area contributed by atoms with Crippen LogP contribution in [-0.4, -0.2) is 11.8 Å². The molecule has 2 aliphatic rings. The maximum Gasteiger partial charge on any atom is 0.0510 e. The van der Waals surface area contributed by atoms with Crippen molar-refractivity contribution in [3.63, 3.8) is 0 Å². The molecular weight excluding hydrogens is 230 g/mol. The highest BCUT2D eigenvalue weighted by molar-refractivity contribution is 5.97. The molecule has 0 unspecified atom stereocenters. The second-order valence-electron chi connectivity index (χ2n) is 8.70. The summed E-state index contributed by atoms with van der Waals surface area (Å²) in [4.78, 5) is 5.13. The first-order chi connectivity index (χ1) is 8.65. The molecule has 2 atom stereocenters. The predicted octanol–water partition coefficient (Wildman–Crippen LogP) is 5.41. The monoisotopic (exact) mass is 261 g/mol. The molecule has 0 amide bonds. The molecule has 0 bridgehead atoms. The van der Waals surface area contributed by atoms with Crippen molar-refractivity contribution in [1.82, 2.24) is 0 Å². The third-order valence-electron chi connectivity index (χ3n) is 4.54. The lowest BCUT2D eigenvalue weighted by Crippen LogP contribution is -2.31. The van der Waals surface area contributed by atoms with Gasteiger partial charge in [0, 0.05) is 5.71 Å². The van der Waals surface area contributed by atoms with Crippen LogP contribution in [0.15, 0.2) is 16.6 Å². The summed E-state index contributed by atoms with van der Waals surface area (Å²) in [6.07, 6.45) is 8.61. The maximum absolute atomic E-state index is 5.13. The van der Waals surface area contributed by atoms with Gasteiger partial charge < -0.3 is 0 Å². The number of hydrogen-bond acceptors (Lipinski definition) is 1. The third-order valence-corrected chi connectivity index (χ3v) is 4.54. The minimum absolute atomic E-state index is 0.396. The van der Waals surface area contributed by atoms with E-state index < -0.39 is 0 Å². The summed E-state index contributed by atoms with van der Waals surface area (Å²) in [6.45, 7) is 14.2. The van der Waals surface area contributed by atoms with Crippen LogP contribution in [0, 0.1) is 16.7 Å². The zero-order chi connectivity index (χ0) is 14.3. The summed E-state index contributed by atoms with van der Waals surface area (Å²) in [5, 5.41) is 0. The Morgan fingerprint density at radius 2 is 1.74 bits per heavy atom. The normalized spacial score (nSPS) is 36.1. The van der Waals surface area contributed by atoms with Crippen LogP contribution in [-0.2, 0) is 0 Å². The van der Waals surface area contributed by atoms with Gasteiger partial charge in [0.15, 0.2) is 0 Å². The van der Waals surface area contributed by atoms with Crippen LogP contribution < -0.4 is 0 Å². The molecule has 0 N–H and O–H groups in total. The molecule has 1 fully saturated rings. The fraction of sp³-hybridized carbons (Fsp3) is 0.833. The Morgan fingerprint density at radius 3 is 2.32 bits per heavy atom. The molecule has 1 heteroatoms. The summed E-state index contributed by atoms with van der Waals surface area (Å²) >= 11 is 0. The van der Waals surface area contributed by atoms with E-state index in [9.17, 15) is 0 Å². The van der Waals surface area contributed by atoms with Crippen molar-refractivity contribution in [2.75, 3.05) is 0 Å². The minimum Gasteiger partial charge on any atom is -0.286 e. The fourth-order valence-electron chi connectivity index (χ4n) is 4.41. The zero-order valence-corrected chi connectivity index (χ0v) is 13.7. The Hall–Kier alpha value is -0.590. The Kier molecular flexibility index (Phi) is 3.95. The standard InChI is InChI=1S/C18H31N/c1-13-7-15(11-17(3,4)9-13)19-16-8-14(2)10-18(5,6)12-16/h7,14,16H,8-12H2,1-6H3/t14-,16-/m0/s1. The highest BCUT2D eigenvalue weighted by Gasteiger charge is 2.32. The SMILES string of the molecule is CC1=CC(=N[C@H]2C[C@H](C)CC(C)(C)C2)CC(C)(C)C1. The van der Waals surface area contributed by atoms with E-state index >= 15 is 0 Å². The predicted molar refractivity (Wildman–Crippen MR) is 84.8 cm³/mol. The van der Waals surface area contributed by atoms with Crippen LogP contribution in [0.3, 0.4) is 0 Å². The van der Waals surface area contributed by atoms with Gasteiger partial charge in [-0.2, -0.15) is 0 Å². The quantitative estimate of drug-likeness (QED) is 0.598. The van der Waals surface area contributed by atoms with Crippen LogP contribution in [0.5, 0.6) is 0 Å². The molecule has 1 nitrogen and oxygen atoms in total. The molecule has 0 aliphatic heterocycles. The number of nitrogens with zero attached hydrogens (tertiary/aromatic N) is 1. The Labute approximate surface area is 119 Å². The van der Waals surface area contributed by atoms with Crippen molar-refractivity contribution in [1.29, 1.82) is 0 Å². The molecule has 1 saturated carbocycles. The van der Waals surface area contributed by atoms with Crippen molar-refractivity contribution >= 4 is 5.71 Å². The molecule has 0 saturated heterocycles. The maximum atomic E-state index is 5.13. The summed E-state index contributed by atoms with van der Waals surface area (Å²) in [5.41, 5.74) is 3.71. The first kappa shape index (κ1) is 14.8. The van der Waals surface area contributed by atoms with E-state index in [1.807, 2.05) is 0 Å². The van der Waals surface area contributed by atoms with Crippen LogP contribution in [0.1, 0.15) is 73.6 Å². The summed E-state index contributed by atoms with van der Waals surface area (Å²) in [7, 11) is 0. The van der Waals surface area contributed by atoms with Gasteiger partial charge in [-0.15, -0.1) is 0 Å². The van der Waals surface area contributed by atoms with Gasteiger partial charge in [-0.05, 0) is 61.9 Å². The van der Waals surface area contributed by atoms with E-state index in [0.29, 0.717) is 16.9 Å². The van der Waals surface area contributed by atoms with E-state index in [1.165, 1.54) is 37.0 Å². The van der Waals surface area contributed by atoms with Crippen LogP contribution in [0.2, 0.25) is 0 Å². The summed E-state index contributed by atoms with van der Waals surface area (Å²) in [6, 6.07) is 0.548. The molecule has 2 rings (SSSR count).